The highest BCUT2D eigenvalue weighted by molar-refractivity contribution is 5.84. The minimum atomic E-state index is -0.481. The van der Waals surface area contributed by atoms with Crippen molar-refractivity contribution < 1.29 is 4.92 Å². The van der Waals surface area contributed by atoms with E-state index >= 15 is 0 Å². The highest BCUT2D eigenvalue weighted by Gasteiger charge is 2.14. The molecule has 9 nitrogen and oxygen atoms in total. The predicted molar refractivity (Wildman–Crippen MR) is 132 cm³/mol. The van der Waals surface area contributed by atoms with E-state index in [0.29, 0.717) is 17.3 Å². The number of aromatic nitrogens is 4. The standard InChI is InChI=1S/C25H21N7O2/c1-16(17-5-3-2-4-6-17)29-25-27-12-11-24(30-25)31-15-28-21-13-18(8-10-22(21)31)19-7-9-20(26)23(14-19)32(33)34/h2-16H,26H2,1H3,(H,27,29,30)/t16-/m0/s1. The molecular weight excluding hydrogens is 430 g/mol. The zero-order valence-electron chi connectivity index (χ0n) is 18.3. The van der Waals surface area contributed by atoms with Gasteiger partial charge in [-0.2, -0.15) is 4.98 Å². The molecule has 5 rings (SSSR count). The van der Waals surface area contributed by atoms with Crippen LogP contribution in [0.15, 0.2) is 85.3 Å². The summed E-state index contributed by atoms with van der Waals surface area (Å²) in [5.41, 5.74) is 9.98. The van der Waals surface area contributed by atoms with Gasteiger partial charge >= 0.3 is 0 Å². The first-order valence-electron chi connectivity index (χ1n) is 10.7. The number of nitro groups is 1. The normalized spacial score (nSPS) is 11.9. The monoisotopic (exact) mass is 451 g/mol. The molecule has 0 radical (unpaired) electrons. The van der Waals surface area contributed by atoms with Crippen molar-refractivity contribution >= 4 is 28.4 Å². The molecule has 0 aliphatic heterocycles. The first-order valence-corrected chi connectivity index (χ1v) is 10.7. The minimum absolute atomic E-state index is 0.0440. The second-order valence-electron chi connectivity index (χ2n) is 7.86. The van der Waals surface area contributed by atoms with Gasteiger partial charge in [-0.15, -0.1) is 0 Å². The molecule has 168 valence electrons. The zero-order chi connectivity index (χ0) is 23.7. The third-order valence-electron chi connectivity index (χ3n) is 5.64. The van der Waals surface area contributed by atoms with E-state index in [9.17, 15) is 10.1 Å². The summed E-state index contributed by atoms with van der Waals surface area (Å²) in [6.45, 7) is 2.06. The molecule has 0 bridgehead atoms. The van der Waals surface area contributed by atoms with Crippen molar-refractivity contribution in [1.82, 2.24) is 19.5 Å². The molecule has 1 atom stereocenters. The fourth-order valence-corrected chi connectivity index (χ4v) is 3.83. The highest BCUT2D eigenvalue weighted by atomic mass is 16.6. The summed E-state index contributed by atoms with van der Waals surface area (Å²) in [5.74, 6) is 1.19. The summed E-state index contributed by atoms with van der Waals surface area (Å²) in [6, 6.07) is 22.4. The topological polar surface area (TPSA) is 125 Å². The average molecular weight is 451 g/mol. The van der Waals surface area contributed by atoms with Gasteiger partial charge in [0.25, 0.3) is 5.69 Å². The largest absolute Gasteiger partial charge is 0.393 e. The number of nitrogens with one attached hydrogen (secondary N) is 1. The number of imidazole rings is 1. The minimum Gasteiger partial charge on any atom is -0.393 e. The van der Waals surface area contributed by atoms with E-state index in [1.54, 1.807) is 24.7 Å². The van der Waals surface area contributed by atoms with Crippen LogP contribution in [-0.2, 0) is 0 Å². The van der Waals surface area contributed by atoms with Gasteiger partial charge in [-0.3, -0.25) is 14.7 Å². The number of rotatable bonds is 6. The first kappa shape index (κ1) is 21.1. The van der Waals surface area contributed by atoms with Gasteiger partial charge in [0, 0.05) is 12.3 Å². The molecule has 0 aliphatic carbocycles. The number of nitro benzene ring substituents is 1. The van der Waals surface area contributed by atoms with Crippen molar-refractivity contribution in [1.29, 1.82) is 0 Å². The summed E-state index contributed by atoms with van der Waals surface area (Å²) in [5, 5.41) is 14.6. The van der Waals surface area contributed by atoms with Crippen LogP contribution in [-0.4, -0.2) is 24.4 Å². The molecule has 0 amide bonds. The second kappa shape index (κ2) is 8.62. The lowest BCUT2D eigenvalue weighted by atomic mass is 10.0. The average Bonchev–Trinajstić information content (AvgIpc) is 3.28. The Morgan fingerprint density at radius 1 is 1.00 bits per heavy atom. The maximum Gasteiger partial charge on any atom is 0.292 e. The van der Waals surface area contributed by atoms with Crippen LogP contribution in [0.2, 0.25) is 0 Å². The third-order valence-corrected chi connectivity index (χ3v) is 5.64. The van der Waals surface area contributed by atoms with Crippen LogP contribution >= 0.6 is 0 Å². The maximum absolute atomic E-state index is 11.2. The molecule has 2 aromatic heterocycles. The van der Waals surface area contributed by atoms with Crippen molar-refractivity contribution in [3.63, 3.8) is 0 Å². The molecule has 0 saturated heterocycles. The molecule has 3 N–H and O–H groups in total. The predicted octanol–water partition coefficient (Wildman–Crippen LogP) is 5.15. The van der Waals surface area contributed by atoms with E-state index < -0.39 is 4.92 Å². The van der Waals surface area contributed by atoms with Gasteiger partial charge in [-0.05, 0) is 47.9 Å². The van der Waals surface area contributed by atoms with E-state index in [-0.39, 0.29) is 17.4 Å². The number of hydrogen-bond acceptors (Lipinski definition) is 7. The number of hydrogen-bond donors (Lipinski definition) is 2. The van der Waals surface area contributed by atoms with Gasteiger partial charge in [-0.25, -0.2) is 9.97 Å². The molecule has 3 aromatic carbocycles. The second-order valence-corrected chi connectivity index (χ2v) is 7.86. The summed E-state index contributed by atoms with van der Waals surface area (Å²) in [7, 11) is 0. The van der Waals surface area contributed by atoms with E-state index in [4.69, 9.17) is 5.73 Å². The molecular formula is C25H21N7O2. The molecule has 9 heteroatoms. The van der Waals surface area contributed by atoms with Gasteiger partial charge in [0.15, 0.2) is 0 Å². The number of anilines is 2. The number of nitrogen functional groups attached to an aromatic ring is 1. The van der Waals surface area contributed by atoms with Crippen LogP contribution in [0.1, 0.15) is 18.5 Å². The quantitative estimate of drug-likeness (QED) is 0.208. The van der Waals surface area contributed by atoms with Gasteiger partial charge in [0.2, 0.25) is 5.95 Å². The Kier molecular flexibility index (Phi) is 5.35. The number of nitrogens with zero attached hydrogens (tertiary/aromatic N) is 5. The van der Waals surface area contributed by atoms with Gasteiger partial charge < -0.3 is 11.1 Å². The van der Waals surface area contributed by atoms with Crippen LogP contribution in [0.25, 0.3) is 28.0 Å². The van der Waals surface area contributed by atoms with E-state index in [2.05, 4.69) is 39.3 Å². The van der Waals surface area contributed by atoms with E-state index in [0.717, 1.165) is 22.2 Å². The van der Waals surface area contributed by atoms with Crippen molar-refractivity contribution in [3.05, 3.63) is 101 Å². The molecule has 0 fully saturated rings. The molecule has 0 unspecified atom stereocenters. The molecule has 5 aromatic rings. The summed E-state index contributed by atoms with van der Waals surface area (Å²) < 4.78 is 1.88. The van der Waals surface area contributed by atoms with Gasteiger partial charge in [-0.1, -0.05) is 42.5 Å². The van der Waals surface area contributed by atoms with Crippen molar-refractivity contribution in [2.75, 3.05) is 11.1 Å². The lowest BCUT2D eigenvalue weighted by Crippen LogP contribution is -2.10. The lowest BCUT2D eigenvalue weighted by Gasteiger charge is -2.14. The van der Waals surface area contributed by atoms with Crippen molar-refractivity contribution in [2.24, 2.45) is 0 Å². The Morgan fingerprint density at radius 2 is 1.76 bits per heavy atom. The van der Waals surface area contributed by atoms with Crippen LogP contribution in [0.5, 0.6) is 0 Å². The van der Waals surface area contributed by atoms with Crippen LogP contribution in [0, 0.1) is 10.1 Å². The Labute approximate surface area is 195 Å². The smallest absolute Gasteiger partial charge is 0.292 e. The number of fused-ring (bicyclic) bond motifs is 1. The number of nitrogens with two attached hydrogens (primary N) is 1. The zero-order valence-corrected chi connectivity index (χ0v) is 18.3. The van der Waals surface area contributed by atoms with E-state index in [1.807, 2.05) is 47.0 Å². The Bertz CT molecular complexity index is 1500. The number of benzene rings is 3. The van der Waals surface area contributed by atoms with Crippen molar-refractivity contribution in [2.45, 2.75) is 13.0 Å². The highest BCUT2D eigenvalue weighted by Crippen LogP contribution is 2.31. The van der Waals surface area contributed by atoms with Gasteiger partial charge in [0.05, 0.1) is 22.0 Å². The Morgan fingerprint density at radius 3 is 2.56 bits per heavy atom. The Balaban J connectivity index is 1.45. The molecule has 34 heavy (non-hydrogen) atoms. The summed E-state index contributed by atoms with van der Waals surface area (Å²) in [6.07, 6.45) is 3.41. The van der Waals surface area contributed by atoms with Crippen LogP contribution in [0.3, 0.4) is 0 Å². The first-order chi connectivity index (χ1) is 16.5. The summed E-state index contributed by atoms with van der Waals surface area (Å²) >= 11 is 0. The van der Waals surface area contributed by atoms with E-state index in [1.165, 1.54) is 6.07 Å². The SMILES string of the molecule is C[C@H](Nc1nccc(-n2cnc3cc(-c4ccc(N)c([N+](=O)[O-])c4)ccc32)n1)c1ccccc1. The third kappa shape index (κ3) is 4.02. The lowest BCUT2D eigenvalue weighted by molar-refractivity contribution is -0.383. The molecule has 2 heterocycles. The van der Waals surface area contributed by atoms with Crippen LogP contribution in [0.4, 0.5) is 17.3 Å². The van der Waals surface area contributed by atoms with Gasteiger partial charge in [0.1, 0.15) is 17.8 Å². The molecule has 0 saturated carbocycles. The van der Waals surface area contributed by atoms with Crippen LogP contribution < -0.4 is 11.1 Å². The Hall–Kier alpha value is -4.79. The van der Waals surface area contributed by atoms with Crippen molar-refractivity contribution in [3.8, 4) is 16.9 Å². The molecule has 0 spiro atoms. The fraction of sp³-hybridized carbons (Fsp3) is 0.0800. The maximum atomic E-state index is 11.2. The summed E-state index contributed by atoms with van der Waals surface area (Å²) in [4.78, 5) is 24.3. The molecule has 0 aliphatic rings. The fourth-order valence-electron chi connectivity index (χ4n) is 3.83.